The summed E-state index contributed by atoms with van der Waals surface area (Å²) in [5.74, 6) is 1.32. The Balaban J connectivity index is 0.000000161. The summed E-state index contributed by atoms with van der Waals surface area (Å²) in [6, 6.07) is 29.9. The first-order valence-electron chi connectivity index (χ1n) is 19.1. The molecule has 3 aliphatic rings. The van der Waals surface area contributed by atoms with Crippen molar-refractivity contribution in [2.75, 3.05) is 55.6 Å². The van der Waals surface area contributed by atoms with Crippen molar-refractivity contribution in [2.24, 2.45) is 17.8 Å². The average Bonchev–Trinajstić information content (AvgIpc) is 3.71. The van der Waals surface area contributed by atoms with Crippen molar-refractivity contribution in [3.63, 3.8) is 0 Å². The predicted molar refractivity (Wildman–Crippen MR) is 212 cm³/mol. The number of anilines is 2. The number of hydrogen-bond acceptors (Lipinski definition) is 9. The smallest absolute Gasteiger partial charge is 0.471 e. The van der Waals surface area contributed by atoms with Crippen LogP contribution in [-0.4, -0.2) is 82.9 Å². The molecule has 6 aromatic rings. The number of phenols is 1. The molecule has 4 aromatic carbocycles. The van der Waals surface area contributed by atoms with Crippen LogP contribution >= 0.6 is 0 Å². The van der Waals surface area contributed by atoms with Crippen LogP contribution in [0.2, 0.25) is 0 Å². The van der Waals surface area contributed by atoms with Crippen LogP contribution in [0.15, 0.2) is 103 Å². The van der Waals surface area contributed by atoms with Gasteiger partial charge in [-0.3, -0.25) is 4.79 Å². The lowest BCUT2D eigenvalue weighted by molar-refractivity contribution is -0.173. The third-order valence-corrected chi connectivity index (χ3v) is 11.1. The zero-order valence-electron chi connectivity index (χ0n) is 30.8. The number of aromatic hydroxyl groups is 1. The van der Waals surface area contributed by atoms with E-state index in [1.807, 2.05) is 52.8 Å². The molecule has 2 aromatic heterocycles. The fourth-order valence-electron chi connectivity index (χ4n) is 7.96. The lowest BCUT2D eigenvalue weighted by Gasteiger charge is -2.34. The Labute approximate surface area is 322 Å². The number of benzene rings is 4. The number of fused-ring (bicyclic) bond motifs is 3. The molecule has 13 heteroatoms. The van der Waals surface area contributed by atoms with Gasteiger partial charge in [0.15, 0.2) is 0 Å². The second-order valence-corrected chi connectivity index (χ2v) is 14.8. The largest absolute Gasteiger partial charge is 0.508 e. The molecule has 0 radical (unpaired) electrons. The van der Waals surface area contributed by atoms with Gasteiger partial charge in [-0.05, 0) is 108 Å². The van der Waals surface area contributed by atoms with Crippen LogP contribution in [0, 0.1) is 17.8 Å². The summed E-state index contributed by atoms with van der Waals surface area (Å²) in [7, 11) is 0. The lowest BCUT2D eigenvalue weighted by atomic mass is 9.89. The molecule has 10 nitrogen and oxygen atoms in total. The summed E-state index contributed by atoms with van der Waals surface area (Å²) >= 11 is 0. The van der Waals surface area contributed by atoms with E-state index < -0.39 is 12.1 Å². The maximum absolute atomic E-state index is 12.3. The number of amides is 1. The minimum Gasteiger partial charge on any atom is -0.508 e. The van der Waals surface area contributed by atoms with Gasteiger partial charge in [-0.15, -0.1) is 0 Å². The minimum absolute atomic E-state index is 0.0114. The molecule has 288 valence electrons. The van der Waals surface area contributed by atoms with E-state index in [0.29, 0.717) is 31.9 Å². The standard InChI is InChI=1S/C22H21F3N4O2.C21H22N4/c23-22(24,25)20(31)27-13-14-6-9-29(10-7-14)21-26-8-5-19(28-21)17-2-1-16-12-18(30)4-3-15(16)11-17;1-2-4-16-11-17(6-5-15(16)3-1)20-7-9-23-21(24-20)25-10-8-18-12-22-13-19(18)14-25/h1-5,8,11-12,14,30H,6-7,9-10,13H2,(H,27,31);1-7,9,11,18-19,22H,8,10,12-14H2/t;18-,19-/m.1/s1. The fourth-order valence-corrected chi connectivity index (χ4v) is 7.96. The maximum Gasteiger partial charge on any atom is 0.471 e. The van der Waals surface area contributed by atoms with Gasteiger partial charge in [0.2, 0.25) is 11.9 Å². The first-order valence-corrected chi connectivity index (χ1v) is 19.1. The summed E-state index contributed by atoms with van der Waals surface area (Å²) in [5, 5.41) is 19.5. The highest BCUT2D eigenvalue weighted by atomic mass is 19.4. The SMILES string of the molecule is O=C(NCC1CCN(c2nccc(-c3ccc4cc(O)ccc4c3)n2)CC1)C(F)(F)F.c1ccc2cc(-c3ccnc(N4CC[C@@H]5CNC[C@@H]5C4)n3)ccc2c1. The summed E-state index contributed by atoms with van der Waals surface area (Å²) < 4.78 is 37.0. The molecule has 1 amide bonds. The molecule has 5 heterocycles. The molecule has 3 saturated heterocycles. The molecule has 0 unspecified atom stereocenters. The second-order valence-electron chi connectivity index (χ2n) is 14.8. The number of piperidine rings is 2. The molecular formula is C43H43F3N8O2. The maximum atomic E-state index is 12.3. The van der Waals surface area contributed by atoms with Crippen LogP contribution in [0.3, 0.4) is 0 Å². The van der Waals surface area contributed by atoms with Gasteiger partial charge in [0.05, 0.1) is 11.4 Å². The van der Waals surface area contributed by atoms with Gasteiger partial charge in [0.1, 0.15) is 5.75 Å². The van der Waals surface area contributed by atoms with Crippen LogP contribution in [-0.2, 0) is 4.79 Å². The van der Waals surface area contributed by atoms with Crippen LogP contribution in [0.1, 0.15) is 19.3 Å². The van der Waals surface area contributed by atoms with E-state index in [0.717, 1.165) is 70.7 Å². The van der Waals surface area contributed by atoms with E-state index in [4.69, 9.17) is 4.98 Å². The Morgan fingerprint density at radius 2 is 1.29 bits per heavy atom. The fraction of sp³-hybridized carbons (Fsp3) is 0.326. The number of carbonyl (C=O) groups excluding carboxylic acids is 1. The number of aromatic nitrogens is 4. The average molecular weight is 761 g/mol. The number of halogens is 3. The molecule has 3 N–H and O–H groups in total. The zero-order valence-corrected chi connectivity index (χ0v) is 30.8. The Kier molecular flexibility index (Phi) is 10.7. The van der Waals surface area contributed by atoms with Crippen molar-refractivity contribution < 1.29 is 23.1 Å². The molecule has 9 rings (SSSR count). The first-order chi connectivity index (χ1) is 27.2. The van der Waals surface area contributed by atoms with Gasteiger partial charge in [-0.25, -0.2) is 19.9 Å². The zero-order chi connectivity index (χ0) is 38.6. The number of nitrogens with zero attached hydrogens (tertiary/aromatic N) is 6. The molecule has 2 atom stereocenters. The van der Waals surface area contributed by atoms with Gasteiger partial charge in [0, 0.05) is 56.2 Å². The Morgan fingerprint density at radius 1 is 0.714 bits per heavy atom. The Hall–Kier alpha value is -5.82. The van der Waals surface area contributed by atoms with Crippen molar-refractivity contribution in [3.8, 4) is 28.3 Å². The lowest BCUT2D eigenvalue weighted by Crippen LogP contribution is -2.43. The summed E-state index contributed by atoms with van der Waals surface area (Å²) in [5.41, 5.74) is 3.84. The molecule has 3 aliphatic heterocycles. The minimum atomic E-state index is -4.85. The number of phenolic OH excluding ortho intramolecular Hbond substituents is 1. The van der Waals surface area contributed by atoms with E-state index in [-0.39, 0.29) is 18.2 Å². The van der Waals surface area contributed by atoms with Crippen molar-refractivity contribution in [1.29, 1.82) is 0 Å². The molecular weight excluding hydrogens is 718 g/mol. The van der Waals surface area contributed by atoms with E-state index in [1.165, 1.54) is 23.7 Å². The first kappa shape index (κ1) is 37.1. The van der Waals surface area contributed by atoms with Crippen molar-refractivity contribution in [3.05, 3.63) is 103 Å². The third-order valence-electron chi connectivity index (χ3n) is 11.1. The highest BCUT2D eigenvalue weighted by Gasteiger charge is 2.39. The topological polar surface area (TPSA) is 119 Å². The number of alkyl halides is 3. The van der Waals surface area contributed by atoms with Gasteiger partial charge >= 0.3 is 12.1 Å². The van der Waals surface area contributed by atoms with Crippen LogP contribution in [0.25, 0.3) is 44.1 Å². The van der Waals surface area contributed by atoms with Gasteiger partial charge in [-0.1, -0.05) is 54.6 Å². The normalized spacial score (nSPS) is 18.7. The Bertz CT molecular complexity index is 2330. The second kappa shape index (κ2) is 16.1. The molecule has 56 heavy (non-hydrogen) atoms. The third kappa shape index (κ3) is 8.52. The number of carbonyl (C=O) groups is 1. The monoisotopic (exact) mass is 760 g/mol. The van der Waals surface area contributed by atoms with Crippen LogP contribution < -0.4 is 20.4 Å². The van der Waals surface area contributed by atoms with Crippen LogP contribution in [0.4, 0.5) is 25.1 Å². The van der Waals surface area contributed by atoms with Crippen LogP contribution in [0.5, 0.6) is 5.75 Å². The molecule has 0 aliphatic carbocycles. The quantitative estimate of drug-likeness (QED) is 0.162. The van der Waals surface area contributed by atoms with E-state index >= 15 is 0 Å². The molecule has 0 spiro atoms. The summed E-state index contributed by atoms with van der Waals surface area (Å²) in [6.45, 7) is 5.66. The van der Waals surface area contributed by atoms with Crippen molar-refractivity contribution in [1.82, 2.24) is 30.6 Å². The number of nitrogens with one attached hydrogen (secondary N) is 2. The summed E-state index contributed by atoms with van der Waals surface area (Å²) in [6.07, 6.45) is 1.26. The number of hydrogen-bond donors (Lipinski definition) is 3. The van der Waals surface area contributed by atoms with Crippen molar-refractivity contribution >= 4 is 39.3 Å². The van der Waals surface area contributed by atoms with Gasteiger partial charge < -0.3 is 25.5 Å². The van der Waals surface area contributed by atoms with E-state index in [1.54, 1.807) is 18.3 Å². The predicted octanol–water partition coefficient (Wildman–Crippen LogP) is 7.24. The number of rotatable bonds is 6. The summed E-state index contributed by atoms with van der Waals surface area (Å²) in [4.78, 5) is 33.8. The van der Waals surface area contributed by atoms with E-state index in [9.17, 15) is 23.1 Å². The molecule has 3 fully saturated rings. The van der Waals surface area contributed by atoms with E-state index in [2.05, 4.69) is 67.6 Å². The highest BCUT2D eigenvalue weighted by Crippen LogP contribution is 2.31. The Morgan fingerprint density at radius 3 is 1.98 bits per heavy atom. The molecule has 0 saturated carbocycles. The van der Waals surface area contributed by atoms with Crippen molar-refractivity contribution in [2.45, 2.75) is 25.4 Å². The van der Waals surface area contributed by atoms with Gasteiger partial charge in [-0.2, -0.15) is 13.2 Å². The molecule has 0 bridgehead atoms. The van der Waals surface area contributed by atoms with Gasteiger partial charge in [0.25, 0.3) is 0 Å². The highest BCUT2D eigenvalue weighted by molar-refractivity contribution is 5.88.